The van der Waals surface area contributed by atoms with E-state index in [1.54, 1.807) is 20.8 Å². The molecule has 1 saturated heterocycles. The number of para-hydroxylation sites is 1. The lowest BCUT2D eigenvalue weighted by atomic mass is 10.2. The number of amides is 3. The molecule has 6 heteroatoms. The van der Waals surface area contributed by atoms with E-state index in [2.05, 4.69) is 5.16 Å². The molecule has 1 aromatic heterocycles. The lowest BCUT2D eigenvalue weighted by Gasteiger charge is -2.19. The number of rotatable bonds is 3. The predicted octanol–water partition coefficient (Wildman–Crippen LogP) is 2.65. The van der Waals surface area contributed by atoms with E-state index >= 15 is 0 Å². The van der Waals surface area contributed by atoms with Crippen LogP contribution in [0.4, 0.5) is 10.5 Å². The lowest BCUT2D eigenvalue weighted by Crippen LogP contribution is -2.33. The molecule has 0 radical (unpaired) electrons. The van der Waals surface area contributed by atoms with Crippen molar-refractivity contribution in [2.45, 2.75) is 33.4 Å². The Morgan fingerprint density at radius 1 is 1.18 bits per heavy atom. The van der Waals surface area contributed by atoms with Crippen LogP contribution in [0, 0.1) is 13.8 Å². The Labute approximate surface area is 128 Å². The molecule has 1 aromatic carbocycles. The molecule has 6 nitrogen and oxygen atoms in total. The maximum Gasteiger partial charge on any atom is 0.332 e. The SMILES string of the molecule is Cc1noc(C)c1CN1C(=O)[C@H](C)N(c2ccccc2)C1=O. The molecule has 0 unspecified atom stereocenters. The van der Waals surface area contributed by atoms with Crippen molar-refractivity contribution < 1.29 is 14.1 Å². The van der Waals surface area contributed by atoms with E-state index in [1.165, 1.54) is 9.80 Å². The zero-order chi connectivity index (χ0) is 15.9. The number of hydrogen-bond acceptors (Lipinski definition) is 4. The van der Waals surface area contributed by atoms with Gasteiger partial charge in [0.2, 0.25) is 0 Å². The number of anilines is 1. The first-order valence-corrected chi connectivity index (χ1v) is 7.12. The summed E-state index contributed by atoms with van der Waals surface area (Å²) in [7, 11) is 0. The van der Waals surface area contributed by atoms with Crippen molar-refractivity contribution in [3.63, 3.8) is 0 Å². The first-order chi connectivity index (χ1) is 10.5. The topological polar surface area (TPSA) is 66.7 Å². The van der Waals surface area contributed by atoms with Gasteiger partial charge >= 0.3 is 6.03 Å². The highest BCUT2D eigenvalue weighted by Gasteiger charge is 2.43. The van der Waals surface area contributed by atoms with Crippen LogP contribution < -0.4 is 4.90 Å². The summed E-state index contributed by atoms with van der Waals surface area (Å²) in [5, 5.41) is 3.87. The molecule has 3 rings (SSSR count). The number of benzene rings is 1. The summed E-state index contributed by atoms with van der Waals surface area (Å²) in [5.41, 5.74) is 2.20. The van der Waals surface area contributed by atoms with Crippen molar-refractivity contribution >= 4 is 17.6 Å². The molecule has 1 atom stereocenters. The normalized spacial score (nSPS) is 18.4. The zero-order valence-corrected chi connectivity index (χ0v) is 12.7. The molecule has 1 aliphatic heterocycles. The highest BCUT2D eigenvalue weighted by Crippen LogP contribution is 2.27. The van der Waals surface area contributed by atoms with Gasteiger partial charge < -0.3 is 4.52 Å². The van der Waals surface area contributed by atoms with Crippen LogP contribution in [-0.4, -0.2) is 28.0 Å². The fraction of sp³-hybridized carbons (Fsp3) is 0.312. The molecule has 2 heterocycles. The van der Waals surface area contributed by atoms with Gasteiger partial charge in [0, 0.05) is 11.3 Å². The van der Waals surface area contributed by atoms with Crippen molar-refractivity contribution in [2.24, 2.45) is 0 Å². The standard InChI is InChI=1S/C16H17N3O3/c1-10-14(12(3)22-17-10)9-18-15(20)11(2)19(16(18)21)13-7-5-4-6-8-13/h4-8,11H,9H2,1-3H3/t11-/m0/s1. The summed E-state index contributed by atoms with van der Waals surface area (Å²) in [4.78, 5) is 27.9. The molecular formula is C16H17N3O3. The summed E-state index contributed by atoms with van der Waals surface area (Å²) in [6.07, 6.45) is 0. The largest absolute Gasteiger partial charge is 0.361 e. The molecule has 0 bridgehead atoms. The molecule has 0 aliphatic carbocycles. The number of carbonyl (C=O) groups excluding carboxylic acids is 2. The van der Waals surface area contributed by atoms with Crippen molar-refractivity contribution in [3.05, 3.63) is 47.3 Å². The van der Waals surface area contributed by atoms with Gasteiger partial charge in [-0.3, -0.25) is 14.6 Å². The average molecular weight is 299 g/mol. The highest BCUT2D eigenvalue weighted by molar-refractivity contribution is 6.13. The van der Waals surface area contributed by atoms with E-state index in [1.807, 2.05) is 30.3 Å². The third kappa shape index (κ3) is 2.16. The van der Waals surface area contributed by atoms with E-state index < -0.39 is 6.04 Å². The summed E-state index contributed by atoms with van der Waals surface area (Å²) >= 11 is 0. The van der Waals surface area contributed by atoms with Crippen LogP contribution in [0.3, 0.4) is 0 Å². The number of hydrogen-bond donors (Lipinski definition) is 0. The van der Waals surface area contributed by atoms with Crippen molar-refractivity contribution in [1.82, 2.24) is 10.1 Å². The lowest BCUT2D eigenvalue weighted by molar-refractivity contribution is -0.127. The second-order valence-corrected chi connectivity index (χ2v) is 5.39. The van der Waals surface area contributed by atoms with E-state index in [9.17, 15) is 9.59 Å². The van der Waals surface area contributed by atoms with Gasteiger partial charge in [0.15, 0.2) is 0 Å². The minimum atomic E-state index is -0.518. The van der Waals surface area contributed by atoms with E-state index in [0.717, 1.165) is 11.3 Å². The third-order valence-electron chi connectivity index (χ3n) is 3.98. The Morgan fingerprint density at radius 2 is 1.86 bits per heavy atom. The molecule has 0 N–H and O–H groups in total. The number of urea groups is 1. The Kier molecular flexibility index (Phi) is 3.44. The number of carbonyl (C=O) groups is 2. The van der Waals surface area contributed by atoms with Crippen LogP contribution in [-0.2, 0) is 11.3 Å². The molecule has 0 spiro atoms. The second kappa shape index (κ2) is 5.29. The van der Waals surface area contributed by atoms with Gasteiger partial charge in [0.05, 0.1) is 12.2 Å². The van der Waals surface area contributed by atoms with Crippen molar-refractivity contribution in [1.29, 1.82) is 0 Å². The highest BCUT2D eigenvalue weighted by atomic mass is 16.5. The Balaban J connectivity index is 1.91. The molecule has 0 saturated carbocycles. The van der Waals surface area contributed by atoms with E-state index in [-0.39, 0.29) is 18.5 Å². The molecule has 1 aliphatic rings. The van der Waals surface area contributed by atoms with Gasteiger partial charge in [-0.05, 0) is 32.9 Å². The smallest absolute Gasteiger partial charge is 0.332 e. The van der Waals surface area contributed by atoms with Crippen molar-refractivity contribution in [2.75, 3.05) is 4.90 Å². The summed E-state index contributed by atoms with van der Waals surface area (Å²) in [6, 6.07) is 8.37. The summed E-state index contributed by atoms with van der Waals surface area (Å²) in [5.74, 6) is 0.415. The molecule has 3 amide bonds. The third-order valence-corrected chi connectivity index (χ3v) is 3.98. The van der Waals surface area contributed by atoms with E-state index in [4.69, 9.17) is 4.52 Å². The van der Waals surface area contributed by atoms with E-state index in [0.29, 0.717) is 11.5 Å². The maximum atomic E-state index is 12.7. The number of imide groups is 1. The van der Waals surface area contributed by atoms with Gasteiger partial charge in [-0.2, -0.15) is 0 Å². The summed E-state index contributed by atoms with van der Waals surface area (Å²) in [6.45, 7) is 5.50. The van der Waals surface area contributed by atoms with Gasteiger partial charge in [-0.25, -0.2) is 4.79 Å². The van der Waals surface area contributed by atoms with Crippen LogP contribution in [0.1, 0.15) is 23.9 Å². The Morgan fingerprint density at radius 3 is 2.45 bits per heavy atom. The molecule has 2 aromatic rings. The zero-order valence-electron chi connectivity index (χ0n) is 12.7. The van der Waals surface area contributed by atoms with Gasteiger partial charge in [-0.1, -0.05) is 23.4 Å². The number of aryl methyl sites for hydroxylation is 2. The number of nitrogens with zero attached hydrogens (tertiary/aromatic N) is 3. The Bertz CT molecular complexity index is 704. The minimum absolute atomic E-state index is 0.187. The first kappa shape index (κ1) is 14.3. The first-order valence-electron chi connectivity index (χ1n) is 7.12. The van der Waals surface area contributed by atoms with Crippen LogP contribution >= 0.6 is 0 Å². The fourth-order valence-corrected chi connectivity index (χ4v) is 2.68. The van der Waals surface area contributed by atoms with Gasteiger partial charge in [0.25, 0.3) is 5.91 Å². The van der Waals surface area contributed by atoms with Gasteiger partial charge in [-0.15, -0.1) is 0 Å². The average Bonchev–Trinajstić information content (AvgIpc) is 2.93. The molecule has 1 fully saturated rings. The maximum absolute atomic E-state index is 12.7. The quantitative estimate of drug-likeness (QED) is 0.817. The van der Waals surface area contributed by atoms with Crippen LogP contribution in [0.25, 0.3) is 0 Å². The molecule has 22 heavy (non-hydrogen) atoms. The predicted molar refractivity (Wildman–Crippen MR) is 80.3 cm³/mol. The van der Waals surface area contributed by atoms with Crippen LogP contribution in [0.15, 0.2) is 34.9 Å². The van der Waals surface area contributed by atoms with Crippen molar-refractivity contribution in [3.8, 4) is 0 Å². The number of aromatic nitrogens is 1. The van der Waals surface area contributed by atoms with Crippen LogP contribution in [0.2, 0.25) is 0 Å². The minimum Gasteiger partial charge on any atom is -0.361 e. The molecule has 114 valence electrons. The summed E-state index contributed by atoms with van der Waals surface area (Å²) < 4.78 is 5.10. The molecular weight excluding hydrogens is 282 g/mol. The second-order valence-electron chi connectivity index (χ2n) is 5.39. The van der Waals surface area contributed by atoms with Gasteiger partial charge in [0.1, 0.15) is 11.8 Å². The Hall–Kier alpha value is -2.63. The van der Waals surface area contributed by atoms with Crippen LogP contribution in [0.5, 0.6) is 0 Å². The fourth-order valence-electron chi connectivity index (χ4n) is 2.68. The monoisotopic (exact) mass is 299 g/mol.